The molecule has 0 aromatic carbocycles. The third-order valence-electron chi connectivity index (χ3n) is 0.570. The number of ether oxygens (including phenoxy) is 1. The fourth-order valence-electron chi connectivity index (χ4n) is 0.207. The van der Waals surface area contributed by atoms with E-state index in [2.05, 4.69) is 17.4 Å². The molecule has 0 bridgehead atoms. The van der Waals surface area contributed by atoms with Gasteiger partial charge in [-0.25, -0.2) is 4.79 Å². The minimum atomic E-state index is -0.881. The lowest BCUT2D eigenvalue weighted by atomic mass is 10.7. The van der Waals surface area contributed by atoms with Gasteiger partial charge in [0.15, 0.2) is 0 Å². The van der Waals surface area contributed by atoms with E-state index in [1.165, 1.54) is 0 Å². The molecule has 0 amide bonds. The second kappa shape index (κ2) is 10.2. The van der Waals surface area contributed by atoms with Crippen molar-refractivity contribution in [3.8, 4) is 0 Å². The number of rotatable bonds is 3. The number of hydrogen-bond acceptors (Lipinski definition) is 5. The Hall–Kier alpha value is -0.750. The Labute approximate surface area is 75.7 Å². The van der Waals surface area contributed by atoms with Crippen molar-refractivity contribution in [3.63, 3.8) is 0 Å². The lowest BCUT2D eigenvalue weighted by molar-refractivity contribution is -0.146. The number of carbonyl (C=O) groups excluding carboxylic acids is 1. The first-order valence-corrected chi connectivity index (χ1v) is 3.80. The van der Waals surface area contributed by atoms with Gasteiger partial charge < -0.3 is 14.9 Å². The smallest absolute Gasteiger partial charge is 0.331 e. The number of aliphatic carboxylic acids is 1. The molecule has 0 saturated carbocycles. The van der Waals surface area contributed by atoms with Crippen LogP contribution in [0.3, 0.4) is 0 Å². The molecular weight excluding hydrogens is 184 g/mol. The molecular formula is C6H12O5S. The highest BCUT2D eigenvalue weighted by Crippen LogP contribution is 1.71. The first-order chi connectivity index (χ1) is 5.58. The van der Waals surface area contributed by atoms with Crippen LogP contribution in [-0.4, -0.2) is 41.1 Å². The molecule has 0 rings (SSSR count). The van der Waals surface area contributed by atoms with Gasteiger partial charge in [-0.15, -0.1) is 0 Å². The van der Waals surface area contributed by atoms with E-state index in [-0.39, 0.29) is 5.75 Å². The van der Waals surface area contributed by atoms with E-state index in [1.54, 1.807) is 6.92 Å². The Morgan fingerprint density at radius 1 is 1.50 bits per heavy atom. The minimum absolute atomic E-state index is 0.0833. The maximum absolute atomic E-state index is 9.94. The number of aliphatic hydroxyl groups is 1. The average Bonchev–Trinajstić information content (AvgIpc) is 2.06. The van der Waals surface area contributed by atoms with Crippen LogP contribution < -0.4 is 0 Å². The Balaban J connectivity index is 0. The van der Waals surface area contributed by atoms with Crippen molar-refractivity contribution in [1.29, 1.82) is 0 Å². The SMILES string of the molecule is CCOC(=O)CO.O=C(O)CS. The van der Waals surface area contributed by atoms with Gasteiger partial charge in [-0.2, -0.15) is 12.6 Å². The lowest BCUT2D eigenvalue weighted by Gasteiger charge is -1.93. The number of thiol groups is 1. The zero-order valence-corrected chi connectivity index (χ0v) is 7.58. The Morgan fingerprint density at radius 3 is 2.00 bits per heavy atom. The molecule has 0 saturated heterocycles. The lowest BCUT2D eigenvalue weighted by Crippen LogP contribution is -2.07. The van der Waals surface area contributed by atoms with Crippen LogP contribution in [-0.2, 0) is 14.3 Å². The Morgan fingerprint density at radius 2 is 1.92 bits per heavy atom. The van der Waals surface area contributed by atoms with Gasteiger partial charge in [0.1, 0.15) is 6.61 Å². The Bertz CT molecular complexity index is 136. The van der Waals surface area contributed by atoms with Crippen LogP contribution >= 0.6 is 12.6 Å². The van der Waals surface area contributed by atoms with E-state index >= 15 is 0 Å². The summed E-state index contributed by atoms with van der Waals surface area (Å²) >= 11 is 3.42. The highest BCUT2D eigenvalue weighted by molar-refractivity contribution is 7.81. The van der Waals surface area contributed by atoms with Crippen molar-refractivity contribution in [2.75, 3.05) is 19.0 Å². The number of carboxylic acids is 1. The van der Waals surface area contributed by atoms with E-state index in [4.69, 9.17) is 10.2 Å². The summed E-state index contributed by atoms with van der Waals surface area (Å²) in [5.74, 6) is -1.53. The molecule has 2 N–H and O–H groups in total. The van der Waals surface area contributed by atoms with E-state index in [1.807, 2.05) is 0 Å². The summed E-state index contributed by atoms with van der Waals surface area (Å²) in [6.07, 6.45) is 0. The second-order valence-corrected chi connectivity index (χ2v) is 1.83. The third-order valence-corrected chi connectivity index (χ3v) is 0.840. The topological polar surface area (TPSA) is 83.8 Å². The van der Waals surface area contributed by atoms with Gasteiger partial charge >= 0.3 is 11.9 Å². The monoisotopic (exact) mass is 196 g/mol. The molecule has 0 spiro atoms. The number of carboxylic acid groups (broad SMARTS) is 1. The molecule has 0 fully saturated rings. The van der Waals surface area contributed by atoms with Crippen molar-refractivity contribution in [3.05, 3.63) is 0 Å². The van der Waals surface area contributed by atoms with Crippen molar-refractivity contribution in [2.24, 2.45) is 0 Å². The Kier molecular flexibility index (Phi) is 11.8. The number of carbonyl (C=O) groups is 2. The number of aliphatic hydroxyl groups excluding tert-OH is 1. The van der Waals surface area contributed by atoms with Crippen molar-refractivity contribution < 1.29 is 24.5 Å². The predicted octanol–water partition coefficient (Wildman–Crippen LogP) is -0.457. The standard InChI is InChI=1S/C4H8O3.C2H4O2S/c1-2-7-4(6)3-5;3-2(4)1-5/h5H,2-3H2,1H3;5H,1H2,(H,3,4). The molecule has 0 atom stereocenters. The van der Waals surface area contributed by atoms with E-state index < -0.39 is 18.5 Å². The van der Waals surface area contributed by atoms with Gasteiger partial charge in [0.2, 0.25) is 0 Å². The zero-order chi connectivity index (χ0) is 9.98. The van der Waals surface area contributed by atoms with Gasteiger partial charge in [-0.3, -0.25) is 4.79 Å². The minimum Gasteiger partial charge on any atom is -0.481 e. The normalized spacial score (nSPS) is 7.92. The molecule has 5 nitrogen and oxygen atoms in total. The highest BCUT2D eigenvalue weighted by Gasteiger charge is 1.92. The quantitative estimate of drug-likeness (QED) is 0.420. The van der Waals surface area contributed by atoms with Crippen LogP contribution in [0.4, 0.5) is 0 Å². The van der Waals surface area contributed by atoms with Crippen LogP contribution in [0, 0.1) is 0 Å². The summed E-state index contributed by atoms with van der Waals surface area (Å²) < 4.78 is 4.30. The van der Waals surface area contributed by atoms with E-state index in [0.717, 1.165) is 0 Å². The van der Waals surface area contributed by atoms with Crippen LogP contribution in [0.25, 0.3) is 0 Å². The summed E-state index contributed by atoms with van der Waals surface area (Å²) in [7, 11) is 0. The first kappa shape index (κ1) is 13.8. The van der Waals surface area contributed by atoms with E-state index in [0.29, 0.717) is 6.61 Å². The summed E-state index contributed by atoms with van der Waals surface area (Å²) in [5.41, 5.74) is 0. The summed E-state index contributed by atoms with van der Waals surface area (Å²) in [6.45, 7) is 1.50. The van der Waals surface area contributed by atoms with Gasteiger partial charge in [-0.05, 0) is 6.92 Å². The van der Waals surface area contributed by atoms with Gasteiger partial charge in [0, 0.05) is 0 Å². The van der Waals surface area contributed by atoms with Crippen LogP contribution in [0.2, 0.25) is 0 Å². The molecule has 0 aromatic heterocycles. The summed E-state index contributed by atoms with van der Waals surface area (Å²) in [6, 6.07) is 0. The molecule has 0 unspecified atom stereocenters. The van der Waals surface area contributed by atoms with Crippen LogP contribution in [0.1, 0.15) is 6.92 Å². The molecule has 0 aliphatic heterocycles. The van der Waals surface area contributed by atoms with Crippen LogP contribution in [0.5, 0.6) is 0 Å². The fourth-order valence-corrected chi connectivity index (χ4v) is 0.207. The van der Waals surface area contributed by atoms with Crippen molar-refractivity contribution in [1.82, 2.24) is 0 Å². The summed E-state index contributed by atoms with van der Waals surface area (Å²) in [5, 5.41) is 15.6. The first-order valence-electron chi connectivity index (χ1n) is 3.17. The largest absolute Gasteiger partial charge is 0.481 e. The average molecular weight is 196 g/mol. The van der Waals surface area contributed by atoms with Gasteiger partial charge in [0.05, 0.1) is 12.4 Å². The molecule has 0 heterocycles. The second-order valence-electron chi connectivity index (χ2n) is 1.51. The molecule has 6 heteroatoms. The predicted molar refractivity (Wildman–Crippen MR) is 45.2 cm³/mol. The number of hydrogen-bond donors (Lipinski definition) is 3. The van der Waals surface area contributed by atoms with E-state index in [9.17, 15) is 9.59 Å². The molecule has 0 aromatic rings. The highest BCUT2D eigenvalue weighted by atomic mass is 32.1. The molecule has 72 valence electrons. The molecule has 0 radical (unpaired) electrons. The van der Waals surface area contributed by atoms with Crippen molar-refractivity contribution >= 4 is 24.6 Å². The summed E-state index contributed by atoms with van der Waals surface area (Å²) in [4.78, 5) is 19.2. The third kappa shape index (κ3) is 16.1. The van der Waals surface area contributed by atoms with Gasteiger partial charge in [0.25, 0.3) is 0 Å². The fraction of sp³-hybridized carbons (Fsp3) is 0.667. The maximum Gasteiger partial charge on any atom is 0.331 e. The zero-order valence-electron chi connectivity index (χ0n) is 6.69. The van der Waals surface area contributed by atoms with Crippen LogP contribution in [0.15, 0.2) is 0 Å². The maximum atomic E-state index is 9.94. The molecule has 0 aliphatic rings. The van der Waals surface area contributed by atoms with Gasteiger partial charge in [-0.1, -0.05) is 0 Å². The number of esters is 1. The van der Waals surface area contributed by atoms with Crippen molar-refractivity contribution in [2.45, 2.75) is 6.92 Å². The molecule has 12 heavy (non-hydrogen) atoms. The molecule has 0 aliphatic carbocycles.